The van der Waals surface area contributed by atoms with E-state index in [1.807, 2.05) is 29.2 Å². The highest BCUT2D eigenvalue weighted by molar-refractivity contribution is 7.11. The topological polar surface area (TPSA) is 70.5 Å². The number of carbonyl (C=O) groups excluding carboxylic acids is 1. The average Bonchev–Trinajstić information content (AvgIpc) is 3.15. The molecule has 0 atom stereocenters. The zero-order valence-electron chi connectivity index (χ0n) is 16.3. The number of halogens is 1. The van der Waals surface area contributed by atoms with Crippen molar-refractivity contribution in [3.8, 4) is 11.1 Å². The highest BCUT2D eigenvalue weighted by atomic mass is 32.1. The van der Waals surface area contributed by atoms with Crippen molar-refractivity contribution in [1.29, 1.82) is 0 Å². The standard InChI is InChI=1S/C23H21FN2O3S/c24-18-7-5-17(6-8-18)16-3-1-15(2-4-16)13-22(27)26-12-11-19-20(14-26)30-21(25-19)9-10-23(28)29/h1-8H,9-14H2,(H,28,29). The summed E-state index contributed by atoms with van der Waals surface area (Å²) in [5.74, 6) is -1.03. The summed E-state index contributed by atoms with van der Waals surface area (Å²) < 4.78 is 13.1. The van der Waals surface area contributed by atoms with Gasteiger partial charge in [-0.3, -0.25) is 9.59 Å². The Labute approximate surface area is 177 Å². The van der Waals surface area contributed by atoms with Gasteiger partial charge in [-0.15, -0.1) is 11.3 Å². The first-order valence-electron chi connectivity index (χ1n) is 9.80. The van der Waals surface area contributed by atoms with Crippen LogP contribution in [0.3, 0.4) is 0 Å². The summed E-state index contributed by atoms with van der Waals surface area (Å²) in [6.45, 7) is 1.16. The van der Waals surface area contributed by atoms with Gasteiger partial charge >= 0.3 is 5.97 Å². The van der Waals surface area contributed by atoms with Crippen LogP contribution in [0.25, 0.3) is 11.1 Å². The predicted octanol–water partition coefficient (Wildman–Crippen LogP) is 4.09. The molecule has 2 heterocycles. The van der Waals surface area contributed by atoms with Crippen LogP contribution in [0.15, 0.2) is 48.5 Å². The van der Waals surface area contributed by atoms with E-state index < -0.39 is 5.97 Å². The number of aryl methyl sites for hydroxylation is 1. The number of hydrogen-bond donors (Lipinski definition) is 1. The summed E-state index contributed by atoms with van der Waals surface area (Å²) >= 11 is 1.51. The number of thiazole rings is 1. The van der Waals surface area contributed by atoms with Gasteiger partial charge in [-0.25, -0.2) is 9.37 Å². The summed E-state index contributed by atoms with van der Waals surface area (Å²) in [5, 5.41) is 9.66. The maximum Gasteiger partial charge on any atom is 0.303 e. The van der Waals surface area contributed by atoms with Gasteiger partial charge in [0.25, 0.3) is 0 Å². The Morgan fingerprint density at radius 2 is 1.73 bits per heavy atom. The quantitative estimate of drug-likeness (QED) is 0.647. The zero-order chi connectivity index (χ0) is 21.1. The van der Waals surface area contributed by atoms with Crippen molar-refractivity contribution in [3.05, 3.63) is 75.5 Å². The van der Waals surface area contributed by atoms with Crippen molar-refractivity contribution in [1.82, 2.24) is 9.88 Å². The average molecular weight is 424 g/mol. The Bertz CT molecular complexity index is 1060. The van der Waals surface area contributed by atoms with Crippen molar-refractivity contribution in [3.63, 3.8) is 0 Å². The summed E-state index contributed by atoms with van der Waals surface area (Å²) in [6, 6.07) is 14.1. The Kier molecular flexibility index (Phi) is 5.90. The van der Waals surface area contributed by atoms with Crippen LogP contribution in [-0.2, 0) is 35.4 Å². The van der Waals surface area contributed by atoms with E-state index in [0.29, 0.717) is 32.4 Å². The molecule has 3 aromatic rings. The van der Waals surface area contributed by atoms with Gasteiger partial charge < -0.3 is 10.0 Å². The lowest BCUT2D eigenvalue weighted by atomic mass is 10.0. The second-order valence-electron chi connectivity index (χ2n) is 7.32. The molecule has 1 aliphatic heterocycles. The molecule has 1 amide bonds. The zero-order valence-corrected chi connectivity index (χ0v) is 17.1. The Balaban J connectivity index is 1.37. The highest BCUT2D eigenvalue weighted by Gasteiger charge is 2.24. The van der Waals surface area contributed by atoms with E-state index in [0.717, 1.165) is 32.3 Å². The molecule has 0 bridgehead atoms. The minimum absolute atomic E-state index is 0.0654. The van der Waals surface area contributed by atoms with Crippen LogP contribution < -0.4 is 0 Å². The third-order valence-electron chi connectivity index (χ3n) is 5.17. The number of hydrogen-bond acceptors (Lipinski definition) is 4. The molecule has 154 valence electrons. The molecule has 1 aromatic heterocycles. The first-order chi connectivity index (χ1) is 14.5. The molecule has 5 nitrogen and oxygen atoms in total. The second-order valence-corrected chi connectivity index (χ2v) is 8.49. The maximum absolute atomic E-state index is 13.1. The summed E-state index contributed by atoms with van der Waals surface area (Å²) in [7, 11) is 0. The molecule has 0 saturated heterocycles. The molecule has 7 heteroatoms. The van der Waals surface area contributed by atoms with E-state index in [1.165, 1.54) is 23.5 Å². The van der Waals surface area contributed by atoms with Gasteiger partial charge in [0.15, 0.2) is 0 Å². The third-order valence-corrected chi connectivity index (χ3v) is 6.31. The fourth-order valence-corrected chi connectivity index (χ4v) is 4.66. The summed E-state index contributed by atoms with van der Waals surface area (Å²) in [4.78, 5) is 31.0. The van der Waals surface area contributed by atoms with E-state index in [9.17, 15) is 14.0 Å². The van der Waals surface area contributed by atoms with E-state index in [2.05, 4.69) is 4.98 Å². The molecule has 30 heavy (non-hydrogen) atoms. The maximum atomic E-state index is 13.1. The van der Waals surface area contributed by atoms with Gasteiger partial charge in [-0.2, -0.15) is 0 Å². The number of benzene rings is 2. The Hall–Kier alpha value is -3.06. The summed E-state index contributed by atoms with van der Waals surface area (Å²) in [5.41, 5.74) is 3.84. The Morgan fingerprint density at radius 1 is 1.07 bits per heavy atom. The van der Waals surface area contributed by atoms with Crippen LogP contribution in [0, 0.1) is 5.82 Å². The van der Waals surface area contributed by atoms with Crippen LogP contribution in [0.4, 0.5) is 4.39 Å². The van der Waals surface area contributed by atoms with Crippen LogP contribution >= 0.6 is 11.3 Å². The number of aromatic nitrogens is 1. The van der Waals surface area contributed by atoms with Crippen molar-refractivity contribution in [2.45, 2.75) is 32.2 Å². The number of carbonyl (C=O) groups is 2. The van der Waals surface area contributed by atoms with Gasteiger partial charge in [0, 0.05) is 24.3 Å². The first kappa shape index (κ1) is 20.2. The Morgan fingerprint density at radius 3 is 2.40 bits per heavy atom. The fraction of sp³-hybridized carbons (Fsp3) is 0.261. The molecule has 0 unspecified atom stereocenters. The number of amides is 1. The predicted molar refractivity (Wildman–Crippen MR) is 113 cm³/mol. The van der Waals surface area contributed by atoms with Gasteiger partial charge in [0.2, 0.25) is 5.91 Å². The molecular formula is C23H21FN2O3S. The van der Waals surface area contributed by atoms with Crippen LogP contribution in [0.1, 0.15) is 27.6 Å². The molecule has 2 aromatic carbocycles. The third kappa shape index (κ3) is 4.74. The molecule has 0 spiro atoms. The first-order valence-corrected chi connectivity index (χ1v) is 10.6. The molecule has 0 saturated carbocycles. The number of nitrogens with zero attached hydrogens (tertiary/aromatic N) is 2. The number of rotatable bonds is 6. The van der Waals surface area contributed by atoms with Gasteiger partial charge in [0.05, 0.1) is 30.1 Å². The molecule has 0 radical (unpaired) electrons. The number of carboxylic acid groups (broad SMARTS) is 1. The minimum Gasteiger partial charge on any atom is -0.481 e. The van der Waals surface area contributed by atoms with Crippen LogP contribution in [0.2, 0.25) is 0 Å². The van der Waals surface area contributed by atoms with Crippen LogP contribution in [0.5, 0.6) is 0 Å². The second kappa shape index (κ2) is 8.75. The number of fused-ring (bicyclic) bond motifs is 1. The lowest BCUT2D eigenvalue weighted by molar-refractivity contribution is -0.137. The number of aliphatic carboxylic acids is 1. The molecule has 0 aliphatic carbocycles. The van der Waals surface area contributed by atoms with Crippen molar-refractivity contribution >= 4 is 23.2 Å². The van der Waals surface area contributed by atoms with E-state index in [-0.39, 0.29) is 18.1 Å². The largest absolute Gasteiger partial charge is 0.481 e. The van der Waals surface area contributed by atoms with Gasteiger partial charge in [0.1, 0.15) is 5.82 Å². The highest BCUT2D eigenvalue weighted by Crippen LogP contribution is 2.27. The van der Waals surface area contributed by atoms with Crippen molar-refractivity contribution < 1.29 is 19.1 Å². The minimum atomic E-state index is -0.828. The summed E-state index contributed by atoms with van der Waals surface area (Å²) in [6.07, 6.45) is 1.53. The smallest absolute Gasteiger partial charge is 0.303 e. The molecular weight excluding hydrogens is 403 g/mol. The molecule has 4 rings (SSSR count). The number of carboxylic acids is 1. The van der Waals surface area contributed by atoms with Crippen molar-refractivity contribution in [2.75, 3.05) is 6.54 Å². The van der Waals surface area contributed by atoms with Crippen molar-refractivity contribution in [2.24, 2.45) is 0 Å². The molecule has 1 aliphatic rings. The van der Waals surface area contributed by atoms with E-state index in [4.69, 9.17) is 5.11 Å². The van der Waals surface area contributed by atoms with Gasteiger partial charge in [-0.05, 0) is 28.8 Å². The lowest BCUT2D eigenvalue weighted by Crippen LogP contribution is -2.36. The SMILES string of the molecule is O=C(O)CCc1nc2c(s1)CN(C(=O)Cc1ccc(-c3ccc(F)cc3)cc1)CC2. The molecule has 0 fully saturated rings. The fourth-order valence-electron chi connectivity index (χ4n) is 3.53. The molecule has 1 N–H and O–H groups in total. The monoisotopic (exact) mass is 424 g/mol. The van der Waals surface area contributed by atoms with E-state index in [1.54, 1.807) is 12.1 Å². The van der Waals surface area contributed by atoms with E-state index >= 15 is 0 Å². The lowest BCUT2D eigenvalue weighted by Gasteiger charge is -2.26. The normalized spacial score (nSPS) is 13.2. The van der Waals surface area contributed by atoms with Crippen LogP contribution in [-0.4, -0.2) is 33.4 Å². The van der Waals surface area contributed by atoms with Gasteiger partial charge in [-0.1, -0.05) is 36.4 Å².